The van der Waals surface area contributed by atoms with Crippen LogP contribution in [0.5, 0.6) is 0 Å². The first kappa shape index (κ1) is 33.8. The number of allylic oxidation sites excluding steroid dienone is 4. The van der Waals surface area contributed by atoms with Gasteiger partial charge in [0.25, 0.3) is 0 Å². The lowest BCUT2D eigenvalue weighted by Crippen LogP contribution is -2.59. The van der Waals surface area contributed by atoms with Crippen molar-refractivity contribution in [2.75, 3.05) is 6.61 Å². The first-order valence-electron chi connectivity index (χ1n) is 13.8. The molecular formula is C31H31ClFNO10S. The highest BCUT2D eigenvalue weighted by molar-refractivity contribution is 7.13. The molecule has 45 heavy (non-hydrogen) atoms. The molecule has 0 bridgehead atoms. The summed E-state index contributed by atoms with van der Waals surface area (Å²) in [5.41, 5.74) is 1.74. The number of halogens is 2. The van der Waals surface area contributed by atoms with Gasteiger partial charge >= 0.3 is 23.9 Å². The zero-order chi connectivity index (χ0) is 32.8. The molecule has 2 heterocycles. The van der Waals surface area contributed by atoms with E-state index in [0.29, 0.717) is 28.1 Å². The van der Waals surface area contributed by atoms with Crippen molar-refractivity contribution in [3.63, 3.8) is 0 Å². The van der Waals surface area contributed by atoms with Crippen molar-refractivity contribution in [3.05, 3.63) is 74.5 Å². The molecule has 0 spiro atoms. The largest absolute Gasteiger partial charge is 0.463 e. The number of carbonyl (C=O) groups excluding carboxylic acids is 4. The van der Waals surface area contributed by atoms with Crippen LogP contribution in [0.25, 0.3) is 5.57 Å². The number of ether oxygens (including phenoxy) is 5. The van der Waals surface area contributed by atoms with E-state index in [1.807, 2.05) is 12.1 Å². The Morgan fingerprint density at radius 1 is 0.933 bits per heavy atom. The van der Waals surface area contributed by atoms with E-state index in [9.17, 15) is 23.6 Å². The quantitative estimate of drug-likeness (QED) is 0.170. The molecule has 4 rings (SSSR count). The Balaban J connectivity index is 1.68. The summed E-state index contributed by atoms with van der Waals surface area (Å²) < 4.78 is 42.3. The van der Waals surface area contributed by atoms with Gasteiger partial charge in [0.15, 0.2) is 24.5 Å². The summed E-state index contributed by atoms with van der Waals surface area (Å²) >= 11 is 8.01. The molecule has 1 aromatic heterocycles. The molecule has 0 saturated carbocycles. The molecule has 1 aliphatic carbocycles. The third kappa shape index (κ3) is 8.56. The fourth-order valence-corrected chi connectivity index (χ4v) is 6.26. The van der Waals surface area contributed by atoms with Crippen LogP contribution in [0.1, 0.15) is 54.7 Å². The molecule has 1 saturated heterocycles. The highest BCUT2D eigenvalue weighted by atomic mass is 35.5. The van der Waals surface area contributed by atoms with E-state index in [0.717, 1.165) is 23.6 Å². The first-order valence-corrected chi connectivity index (χ1v) is 15.0. The predicted molar refractivity (Wildman–Crippen MR) is 161 cm³/mol. The minimum Gasteiger partial charge on any atom is -0.463 e. The fraction of sp³-hybridized carbons (Fsp3) is 0.387. The number of hydrogen-bond acceptors (Lipinski definition) is 12. The normalized spacial score (nSPS) is 25.3. The number of thiophene rings is 1. The lowest BCUT2D eigenvalue weighted by molar-refractivity contribution is -0.254. The second-order valence-electron chi connectivity index (χ2n) is 10.3. The number of benzene rings is 1. The number of carbonyl (C=O) groups is 4. The number of alkyl halides is 1. The second-order valence-corrected chi connectivity index (χ2v) is 11.9. The lowest BCUT2D eigenvalue weighted by atomic mass is 9.89. The monoisotopic (exact) mass is 663 g/mol. The summed E-state index contributed by atoms with van der Waals surface area (Å²) in [6, 6.07) is 8.79. The van der Waals surface area contributed by atoms with Crippen LogP contribution in [0.4, 0.5) is 4.39 Å². The highest BCUT2D eigenvalue weighted by Crippen LogP contribution is 2.39. The van der Waals surface area contributed by atoms with E-state index in [1.54, 1.807) is 24.3 Å². The van der Waals surface area contributed by atoms with Crippen LogP contribution in [0.2, 0.25) is 5.02 Å². The SMILES string of the molecule is CC(=O)OC[C@H]1O[C@@H](c2ccc(Cl)c(Cc3ccc(C4=CC(F)C(=NO)C=C4)s3)c2)[C@H](OC(C)=O)[C@@H](OC(C)=O)[C@@H]1OC(C)=O. The van der Waals surface area contributed by atoms with Crippen LogP contribution < -0.4 is 0 Å². The molecule has 0 amide bonds. The summed E-state index contributed by atoms with van der Waals surface area (Å²) in [6.07, 6.45) is -2.69. The maximum absolute atomic E-state index is 14.3. The molecule has 240 valence electrons. The maximum atomic E-state index is 14.3. The van der Waals surface area contributed by atoms with E-state index in [1.165, 1.54) is 37.3 Å². The van der Waals surface area contributed by atoms with Crippen LogP contribution in [0.15, 0.2) is 53.7 Å². The third-order valence-electron chi connectivity index (χ3n) is 6.86. The van der Waals surface area contributed by atoms with Gasteiger partial charge in [-0.3, -0.25) is 19.2 Å². The van der Waals surface area contributed by atoms with Gasteiger partial charge in [-0.05, 0) is 47.1 Å². The molecule has 11 nitrogen and oxygen atoms in total. The van der Waals surface area contributed by atoms with Gasteiger partial charge in [-0.2, -0.15) is 0 Å². The van der Waals surface area contributed by atoms with E-state index in [2.05, 4.69) is 5.16 Å². The van der Waals surface area contributed by atoms with Crippen molar-refractivity contribution in [1.82, 2.24) is 0 Å². The number of nitrogens with zero attached hydrogens (tertiary/aromatic N) is 1. The topological polar surface area (TPSA) is 147 Å². The summed E-state index contributed by atoms with van der Waals surface area (Å²) in [4.78, 5) is 49.8. The summed E-state index contributed by atoms with van der Waals surface area (Å²) in [5, 5.41) is 12.3. The van der Waals surface area contributed by atoms with Gasteiger partial charge in [-0.15, -0.1) is 11.3 Å². The lowest BCUT2D eigenvalue weighted by Gasteiger charge is -2.44. The average Bonchev–Trinajstić information content (AvgIpc) is 3.43. The number of oxime groups is 1. The minimum atomic E-state index is -1.53. The van der Waals surface area contributed by atoms with Gasteiger partial charge < -0.3 is 28.9 Å². The van der Waals surface area contributed by atoms with Crippen LogP contribution in [-0.4, -0.2) is 72.0 Å². The molecule has 1 unspecified atom stereocenters. The van der Waals surface area contributed by atoms with Crippen LogP contribution in [0.3, 0.4) is 0 Å². The molecule has 1 N–H and O–H groups in total. The Hall–Kier alpha value is -4.07. The van der Waals surface area contributed by atoms with Crippen molar-refractivity contribution < 1.29 is 52.5 Å². The van der Waals surface area contributed by atoms with Gasteiger partial charge in [0.1, 0.15) is 24.5 Å². The maximum Gasteiger partial charge on any atom is 0.303 e. The molecule has 6 atom stereocenters. The summed E-state index contributed by atoms with van der Waals surface area (Å²) in [7, 11) is 0. The van der Waals surface area contributed by atoms with Crippen molar-refractivity contribution >= 4 is 58.1 Å². The molecule has 1 aromatic carbocycles. The predicted octanol–water partition coefficient (Wildman–Crippen LogP) is 4.91. The standard InChI is InChI=1S/C31H31ClFNO10S/c1-15(35)40-14-26-29(41-16(2)36)31(43-18(4)38)30(42-17(3)37)28(44-26)20-5-8-23(32)21(11-20)12-22-7-10-27(45-22)19-6-9-25(34-39)24(33)13-19/h5-11,13,24,26,28-31,39H,12,14H2,1-4H3/t24?,26-,28+,29-,30+,31+/m1/s1. The zero-order valence-electron chi connectivity index (χ0n) is 24.7. The van der Waals surface area contributed by atoms with E-state index in [4.69, 9.17) is 40.5 Å². The summed E-state index contributed by atoms with van der Waals surface area (Å²) in [5.74, 6) is -2.77. The fourth-order valence-electron chi connectivity index (χ4n) is 5.04. The van der Waals surface area contributed by atoms with Crippen molar-refractivity contribution in [2.45, 2.75) is 70.8 Å². The first-order chi connectivity index (χ1) is 21.4. The van der Waals surface area contributed by atoms with Gasteiger partial charge in [-0.25, -0.2) is 4.39 Å². The number of esters is 4. The Morgan fingerprint density at radius 2 is 1.60 bits per heavy atom. The van der Waals surface area contributed by atoms with Gasteiger partial charge in [-0.1, -0.05) is 35.0 Å². The van der Waals surface area contributed by atoms with Crippen LogP contribution in [-0.2, 0) is 49.3 Å². The molecule has 14 heteroatoms. The molecule has 1 aliphatic heterocycles. The average molecular weight is 664 g/mol. The molecular weight excluding hydrogens is 633 g/mol. The van der Waals surface area contributed by atoms with Crippen LogP contribution in [0, 0.1) is 0 Å². The zero-order valence-corrected chi connectivity index (χ0v) is 26.3. The Labute approximate surface area is 267 Å². The van der Waals surface area contributed by atoms with Crippen LogP contribution >= 0.6 is 22.9 Å². The molecule has 1 fully saturated rings. The van der Waals surface area contributed by atoms with Gasteiger partial charge in [0, 0.05) is 48.9 Å². The van der Waals surface area contributed by atoms with Gasteiger partial charge in [0.2, 0.25) is 0 Å². The Bertz CT molecular complexity index is 1550. The second kappa shape index (κ2) is 14.8. The molecule has 2 aliphatic rings. The highest BCUT2D eigenvalue weighted by Gasteiger charge is 2.52. The van der Waals surface area contributed by atoms with E-state index in [-0.39, 0.29) is 12.3 Å². The van der Waals surface area contributed by atoms with Crippen molar-refractivity contribution in [2.24, 2.45) is 5.16 Å². The van der Waals surface area contributed by atoms with E-state index >= 15 is 0 Å². The number of hydrogen-bond donors (Lipinski definition) is 1. The molecule has 0 radical (unpaired) electrons. The Kier molecular flexibility index (Phi) is 11.1. The minimum absolute atomic E-state index is 0.0821. The van der Waals surface area contributed by atoms with Crippen molar-refractivity contribution in [1.29, 1.82) is 0 Å². The summed E-state index contributed by atoms with van der Waals surface area (Å²) in [6.45, 7) is 4.34. The third-order valence-corrected chi connectivity index (χ3v) is 8.36. The van der Waals surface area contributed by atoms with E-state index < -0.39 is 60.6 Å². The smallest absolute Gasteiger partial charge is 0.303 e. The molecule has 2 aromatic rings. The van der Waals surface area contributed by atoms with Crippen molar-refractivity contribution in [3.8, 4) is 0 Å². The van der Waals surface area contributed by atoms with Gasteiger partial charge in [0.05, 0.1) is 0 Å². The Morgan fingerprint density at radius 3 is 2.22 bits per heavy atom. The number of rotatable bonds is 9.